The first-order valence-corrected chi connectivity index (χ1v) is 8.59. The fourth-order valence-corrected chi connectivity index (χ4v) is 2.95. The van der Waals surface area contributed by atoms with E-state index >= 15 is 0 Å². The van der Waals surface area contributed by atoms with Crippen LogP contribution in [0.1, 0.15) is 35.3 Å². The second-order valence-corrected chi connectivity index (χ2v) is 6.64. The largest absolute Gasteiger partial charge is 0.475 e. The molecule has 1 amide bonds. The highest BCUT2D eigenvalue weighted by Crippen LogP contribution is 2.21. The lowest BCUT2D eigenvalue weighted by Gasteiger charge is -2.29. The van der Waals surface area contributed by atoms with E-state index in [1.807, 2.05) is 26.0 Å². The number of aromatic nitrogens is 1. The number of ether oxygens (including phenoxy) is 2. The van der Waals surface area contributed by atoms with Crippen molar-refractivity contribution in [3.05, 3.63) is 59.3 Å². The van der Waals surface area contributed by atoms with Crippen LogP contribution in [0.15, 0.2) is 42.6 Å². The topological polar surface area (TPSA) is 51.7 Å². The van der Waals surface area contributed by atoms with Crippen molar-refractivity contribution in [2.24, 2.45) is 0 Å². The maximum atomic E-state index is 12.6. The molecule has 2 aromatic rings. The summed E-state index contributed by atoms with van der Waals surface area (Å²) in [6.45, 7) is 5.04. The maximum absolute atomic E-state index is 12.6. The van der Waals surface area contributed by atoms with Crippen LogP contribution >= 0.6 is 0 Å². The Bertz CT molecular complexity index is 728. The molecule has 3 rings (SSSR count). The number of nitrogens with zero attached hydrogens (tertiary/aromatic N) is 2. The molecule has 132 valence electrons. The van der Waals surface area contributed by atoms with Gasteiger partial charge in [0, 0.05) is 32.3 Å². The van der Waals surface area contributed by atoms with Gasteiger partial charge in [-0.05, 0) is 31.0 Å². The smallest absolute Gasteiger partial charge is 0.255 e. The zero-order valence-corrected chi connectivity index (χ0v) is 14.9. The highest BCUT2D eigenvalue weighted by molar-refractivity contribution is 5.93. The predicted molar refractivity (Wildman–Crippen MR) is 95.7 cm³/mol. The molecular weight excluding hydrogens is 316 g/mol. The van der Waals surface area contributed by atoms with E-state index in [4.69, 9.17) is 9.47 Å². The van der Waals surface area contributed by atoms with Crippen molar-refractivity contribution in [3.8, 4) is 5.88 Å². The van der Waals surface area contributed by atoms with E-state index in [9.17, 15) is 4.79 Å². The summed E-state index contributed by atoms with van der Waals surface area (Å²) < 4.78 is 11.4. The Morgan fingerprint density at radius 3 is 2.72 bits per heavy atom. The summed E-state index contributed by atoms with van der Waals surface area (Å²) in [6, 6.07) is 11.8. The molecule has 1 aliphatic rings. The SMILES string of the molecule is CC(C)Oc1ccc(C(=O)N(C)CC2Cc3ccccc3CO2)cn1. The van der Waals surface area contributed by atoms with Crippen molar-refractivity contribution in [2.75, 3.05) is 13.6 Å². The highest BCUT2D eigenvalue weighted by Gasteiger charge is 2.22. The van der Waals surface area contributed by atoms with E-state index in [1.165, 1.54) is 11.1 Å². The molecule has 2 heterocycles. The molecule has 1 atom stereocenters. The van der Waals surface area contributed by atoms with E-state index in [2.05, 4.69) is 17.1 Å². The van der Waals surface area contributed by atoms with Crippen LogP contribution in [0.4, 0.5) is 0 Å². The van der Waals surface area contributed by atoms with Gasteiger partial charge in [0.2, 0.25) is 5.88 Å². The molecule has 0 spiro atoms. The van der Waals surface area contributed by atoms with Gasteiger partial charge < -0.3 is 14.4 Å². The molecule has 25 heavy (non-hydrogen) atoms. The second kappa shape index (κ2) is 7.66. The van der Waals surface area contributed by atoms with E-state index in [0.717, 1.165) is 6.42 Å². The van der Waals surface area contributed by atoms with Gasteiger partial charge in [0.15, 0.2) is 0 Å². The van der Waals surface area contributed by atoms with Crippen LogP contribution in [0.2, 0.25) is 0 Å². The molecule has 1 aromatic carbocycles. The van der Waals surface area contributed by atoms with Crippen LogP contribution in [-0.2, 0) is 17.8 Å². The summed E-state index contributed by atoms with van der Waals surface area (Å²) >= 11 is 0. The number of hydrogen-bond donors (Lipinski definition) is 0. The molecule has 0 bridgehead atoms. The standard InChI is InChI=1S/C20H24N2O3/c1-14(2)25-19-9-8-16(11-21-19)20(23)22(3)12-18-10-15-6-4-5-7-17(15)13-24-18/h4-9,11,14,18H,10,12-13H2,1-3H3. The second-order valence-electron chi connectivity index (χ2n) is 6.64. The minimum absolute atomic E-state index is 0.0142. The van der Waals surface area contributed by atoms with E-state index in [1.54, 1.807) is 30.3 Å². The Morgan fingerprint density at radius 2 is 2.04 bits per heavy atom. The number of hydrogen-bond acceptors (Lipinski definition) is 4. The van der Waals surface area contributed by atoms with Crippen LogP contribution < -0.4 is 4.74 Å². The molecule has 0 N–H and O–H groups in total. The minimum Gasteiger partial charge on any atom is -0.475 e. The van der Waals surface area contributed by atoms with Crippen LogP contribution in [-0.4, -0.2) is 41.6 Å². The average Bonchev–Trinajstić information content (AvgIpc) is 2.61. The van der Waals surface area contributed by atoms with Crippen LogP contribution in [0.5, 0.6) is 5.88 Å². The Hall–Kier alpha value is -2.40. The van der Waals surface area contributed by atoms with Crippen molar-refractivity contribution in [2.45, 2.75) is 39.1 Å². The number of likely N-dealkylation sites (N-methyl/N-ethyl adjacent to an activating group) is 1. The highest BCUT2D eigenvalue weighted by atomic mass is 16.5. The third-order valence-corrected chi connectivity index (χ3v) is 4.20. The summed E-state index contributed by atoms with van der Waals surface area (Å²) in [5, 5.41) is 0. The number of pyridine rings is 1. The molecule has 0 radical (unpaired) electrons. The molecule has 1 unspecified atom stereocenters. The monoisotopic (exact) mass is 340 g/mol. The fourth-order valence-electron chi connectivity index (χ4n) is 2.95. The predicted octanol–water partition coefficient (Wildman–Crippen LogP) is 3.08. The zero-order chi connectivity index (χ0) is 17.8. The Morgan fingerprint density at radius 1 is 1.28 bits per heavy atom. The van der Waals surface area contributed by atoms with E-state index < -0.39 is 0 Å². The number of benzene rings is 1. The fraction of sp³-hybridized carbons (Fsp3) is 0.400. The van der Waals surface area contributed by atoms with Crippen molar-refractivity contribution in [1.29, 1.82) is 0 Å². The molecule has 0 fully saturated rings. The number of rotatable bonds is 5. The van der Waals surface area contributed by atoms with Gasteiger partial charge in [-0.2, -0.15) is 0 Å². The van der Waals surface area contributed by atoms with Gasteiger partial charge >= 0.3 is 0 Å². The summed E-state index contributed by atoms with van der Waals surface area (Å²) in [6.07, 6.45) is 2.46. The summed E-state index contributed by atoms with van der Waals surface area (Å²) in [4.78, 5) is 18.5. The third-order valence-electron chi connectivity index (χ3n) is 4.20. The van der Waals surface area contributed by atoms with Gasteiger partial charge in [-0.1, -0.05) is 24.3 Å². The van der Waals surface area contributed by atoms with E-state index in [0.29, 0.717) is 24.6 Å². The Balaban J connectivity index is 1.59. The lowest BCUT2D eigenvalue weighted by atomic mass is 9.99. The molecule has 5 heteroatoms. The lowest BCUT2D eigenvalue weighted by molar-refractivity contribution is 0.00983. The van der Waals surface area contributed by atoms with Gasteiger partial charge in [0.1, 0.15) is 0 Å². The van der Waals surface area contributed by atoms with Crippen molar-refractivity contribution >= 4 is 5.91 Å². The summed E-state index contributed by atoms with van der Waals surface area (Å²) in [5.41, 5.74) is 3.09. The third kappa shape index (κ3) is 4.37. The molecule has 1 aliphatic heterocycles. The van der Waals surface area contributed by atoms with Gasteiger partial charge in [0.05, 0.1) is 24.4 Å². The molecular formula is C20H24N2O3. The summed E-state index contributed by atoms with van der Waals surface area (Å²) in [5.74, 6) is 0.465. The Labute approximate surface area is 148 Å². The number of carbonyl (C=O) groups excluding carboxylic acids is 1. The van der Waals surface area contributed by atoms with Crippen LogP contribution in [0.3, 0.4) is 0 Å². The van der Waals surface area contributed by atoms with Gasteiger partial charge in [0.25, 0.3) is 5.91 Å². The molecule has 5 nitrogen and oxygen atoms in total. The van der Waals surface area contributed by atoms with Gasteiger partial charge in [-0.15, -0.1) is 0 Å². The first-order chi connectivity index (χ1) is 12.0. The zero-order valence-electron chi connectivity index (χ0n) is 14.9. The van der Waals surface area contributed by atoms with Crippen molar-refractivity contribution < 1.29 is 14.3 Å². The average molecular weight is 340 g/mol. The first kappa shape index (κ1) is 17.4. The quantitative estimate of drug-likeness (QED) is 0.839. The lowest BCUT2D eigenvalue weighted by Crippen LogP contribution is -2.38. The van der Waals surface area contributed by atoms with Crippen molar-refractivity contribution in [3.63, 3.8) is 0 Å². The minimum atomic E-state index is -0.0638. The van der Waals surface area contributed by atoms with Crippen LogP contribution in [0, 0.1) is 0 Å². The Kier molecular flexibility index (Phi) is 5.34. The van der Waals surface area contributed by atoms with Crippen molar-refractivity contribution in [1.82, 2.24) is 9.88 Å². The summed E-state index contributed by atoms with van der Waals surface area (Å²) in [7, 11) is 1.80. The van der Waals surface area contributed by atoms with E-state index in [-0.39, 0.29) is 18.1 Å². The normalized spacial score (nSPS) is 16.4. The molecule has 0 saturated heterocycles. The maximum Gasteiger partial charge on any atom is 0.255 e. The molecule has 0 saturated carbocycles. The molecule has 1 aromatic heterocycles. The van der Waals surface area contributed by atoms with Gasteiger partial charge in [-0.3, -0.25) is 4.79 Å². The number of carbonyl (C=O) groups is 1. The number of fused-ring (bicyclic) bond motifs is 1. The number of amides is 1. The molecule has 0 aliphatic carbocycles. The first-order valence-electron chi connectivity index (χ1n) is 8.59. The van der Waals surface area contributed by atoms with Crippen LogP contribution in [0.25, 0.3) is 0 Å². The van der Waals surface area contributed by atoms with Gasteiger partial charge in [-0.25, -0.2) is 4.98 Å².